The molecule has 0 aliphatic rings. The fourth-order valence-corrected chi connectivity index (χ4v) is 1.27. The van der Waals surface area contributed by atoms with Gasteiger partial charge in [0.25, 0.3) is 0 Å². The first-order valence-corrected chi connectivity index (χ1v) is 3.93. The lowest BCUT2D eigenvalue weighted by Gasteiger charge is -1.96. The van der Waals surface area contributed by atoms with E-state index in [-0.39, 0.29) is 11.0 Å². The zero-order chi connectivity index (χ0) is 9.42. The molecule has 0 radical (unpaired) electrons. The van der Waals surface area contributed by atoms with Crippen molar-refractivity contribution in [1.82, 2.24) is 0 Å². The van der Waals surface area contributed by atoms with Crippen LogP contribution in [0, 0.1) is 5.82 Å². The first-order chi connectivity index (χ1) is 6.16. The van der Waals surface area contributed by atoms with E-state index in [4.69, 9.17) is 16.0 Å². The van der Waals surface area contributed by atoms with Gasteiger partial charge in [-0.2, -0.15) is 0 Å². The molecule has 1 heterocycles. The Balaban J connectivity index is 2.95. The fourth-order valence-electron chi connectivity index (χ4n) is 1.10. The van der Waals surface area contributed by atoms with E-state index in [9.17, 15) is 9.18 Å². The highest BCUT2D eigenvalue weighted by atomic mass is 35.5. The van der Waals surface area contributed by atoms with Gasteiger partial charge in [0.2, 0.25) is 0 Å². The molecule has 0 aliphatic heterocycles. The summed E-state index contributed by atoms with van der Waals surface area (Å²) < 4.78 is 17.9. The molecule has 0 bridgehead atoms. The third-order valence-corrected chi connectivity index (χ3v) is 1.89. The lowest BCUT2D eigenvalue weighted by molar-refractivity contribution is 0.538. The summed E-state index contributed by atoms with van der Waals surface area (Å²) in [5.74, 6) is -0.617. The Morgan fingerprint density at radius 1 is 1.31 bits per heavy atom. The topological polar surface area (TPSA) is 30.2 Å². The van der Waals surface area contributed by atoms with Gasteiger partial charge in [0.05, 0.1) is 11.5 Å². The summed E-state index contributed by atoms with van der Waals surface area (Å²) in [6, 6.07) is 5.20. The minimum absolute atomic E-state index is 0.203. The Morgan fingerprint density at radius 3 is 2.85 bits per heavy atom. The maximum absolute atomic E-state index is 13.1. The average molecular weight is 199 g/mol. The molecule has 2 nitrogen and oxygen atoms in total. The minimum Gasteiger partial charge on any atom is -0.423 e. The van der Waals surface area contributed by atoms with Crippen molar-refractivity contribution >= 4 is 22.6 Å². The molecule has 0 saturated carbocycles. The van der Waals surface area contributed by atoms with Crippen molar-refractivity contribution in [1.29, 1.82) is 0 Å². The van der Waals surface area contributed by atoms with Gasteiger partial charge in [-0.15, -0.1) is 0 Å². The van der Waals surface area contributed by atoms with Crippen LogP contribution in [-0.4, -0.2) is 0 Å². The summed E-state index contributed by atoms with van der Waals surface area (Å²) in [5, 5.41) is 0.618. The Bertz CT molecular complexity index is 518. The third kappa shape index (κ3) is 1.42. The van der Waals surface area contributed by atoms with E-state index in [1.54, 1.807) is 0 Å². The van der Waals surface area contributed by atoms with Gasteiger partial charge in [0.1, 0.15) is 11.4 Å². The highest BCUT2D eigenvalue weighted by molar-refractivity contribution is 6.31. The number of hydrogen-bond acceptors (Lipinski definition) is 2. The normalized spacial score (nSPS) is 10.6. The van der Waals surface area contributed by atoms with Gasteiger partial charge in [0.15, 0.2) is 0 Å². The van der Waals surface area contributed by atoms with Gasteiger partial charge >= 0.3 is 5.63 Å². The largest absolute Gasteiger partial charge is 0.423 e. The minimum atomic E-state index is -0.702. The van der Waals surface area contributed by atoms with Crippen molar-refractivity contribution in [3.63, 3.8) is 0 Å². The van der Waals surface area contributed by atoms with E-state index in [0.29, 0.717) is 5.02 Å². The van der Waals surface area contributed by atoms with Crippen molar-refractivity contribution in [2.45, 2.75) is 0 Å². The lowest BCUT2D eigenvalue weighted by Crippen LogP contribution is -1.97. The molecule has 13 heavy (non-hydrogen) atoms. The third-order valence-electron chi connectivity index (χ3n) is 1.65. The fraction of sp³-hybridized carbons (Fsp3) is 0. The second-order valence-electron chi connectivity index (χ2n) is 2.55. The van der Waals surface area contributed by atoms with Crippen LogP contribution in [-0.2, 0) is 0 Å². The van der Waals surface area contributed by atoms with Crippen LogP contribution >= 0.6 is 11.6 Å². The molecule has 66 valence electrons. The van der Waals surface area contributed by atoms with Crippen LogP contribution in [0.25, 0.3) is 11.0 Å². The maximum atomic E-state index is 13.1. The number of benzene rings is 1. The molecular weight excluding hydrogens is 195 g/mol. The summed E-state index contributed by atoms with van der Waals surface area (Å²) in [7, 11) is 0. The number of fused-ring (bicyclic) bond motifs is 1. The molecule has 2 rings (SSSR count). The number of halogens is 2. The van der Waals surface area contributed by atoms with Crippen LogP contribution in [0.5, 0.6) is 0 Å². The maximum Gasteiger partial charge on any atom is 0.339 e. The molecule has 0 aliphatic carbocycles. The van der Waals surface area contributed by atoms with Crippen molar-refractivity contribution in [3.8, 4) is 0 Å². The van der Waals surface area contributed by atoms with E-state index >= 15 is 0 Å². The molecule has 1 aromatic carbocycles. The summed E-state index contributed by atoms with van der Waals surface area (Å²) in [6.45, 7) is 0. The Kier molecular flexibility index (Phi) is 1.81. The number of rotatable bonds is 0. The second kappa shape index (κ2) is 2.85. The number of hydrogen-bond donors (Lipinski definition) is 0. The summed E-state index contributed by atoms with van der Waals surface area (Å²) in [5.41, 5.74) is -0.498. The first kappa shape index (κ1) is 8.26. The van der Waals surface area contributed by atoms with Crippen LogP contribution < -0.4 is 5.63 Å². The van der Waals surface area contributed by atoms with Gasteiger partial charge in [0, 0.05) is 5.02 Å². The highest BCUT2D eigenvalue weighted by Crippen LogP contribution is 2.19. The zero-order valence-electron chi connectivity index (χ0n) is 6.38. The van der Waals surface area contributed by atoms with Crippen LogP contribution in [0.4, 0.5) is 4.39 Å². The Hall–Kier alpha value is -1.35. The van der Waals surface area contributed by atoms with E-state index in [1.165, 1.54) is 18.2 Å². The van der Waals surface area contributed by atoms with Crippen LogP contribution in [0.2, 0.25) is 5.02 Å². The highest BCUT2D eigenvalue weighted by Gasteiger charge is 2.04. The molecule has 0 unspecified atom stereocenters. The molecule has 2 aromatic rings. The monoisotopic (exact) mass is 198 g/mol. The van der Waals surface area contributed by atoms with Gasteiger partial charge in [-0.05, 0) is 18.2 Å². The van der Waals surface area contributed by atoms with Gasteiger partial charge < -0.3 is 4.42 Å². The summed E-state index contributed by atoms with van der Waals surface area (Å²) in [6.07, 6.45) is 0. The average Bonchev–Trinajstić information content (AvgIpc) is 2.06. The van der Waals surface area contributed by atoms with Gasteiger partial charge in [-0.3, -0.25) is 0 Å². The van der Waals surface area contributed by atoms with E-state index in [0.717, 1.165) is 6.07 Å². The van der Waals surface area contributed by atoms with Crippen LogP contribution in [0.1, 0.15) is 0 Å². The molecule has 0 saturated heterocycles. The molecule has 1 aromatic heterocycles. The molecule has 0 N–H and O–H groups in total. The predicted molar refractivity (Wildman–Crippen MR) is 47.5 cm³/mol. The van der Waals surface area contributed by atoms with Gasteiger partial charge in [-0.25, -0.2) is 9.18 Å². The summed E-state index contributed by atoms with van der Waals surface area (Å²) in [4.78, 5) is 10.7. The molecule has 4 heteroatoms. The van der Waals surface area contributed by atoms with Gasteiger partial charge in [-0.1, -0.05) is 11.6 Å². The first-order valence-electron chi connectivity index (χ1n) is 3.56. The standard InChI is InChI=1S/C9H4ClFO2/c10-5-1-2-8-6(3-5)7(11)4-9(12)13-8/h1-4H. The molecule has 0 spiro atoms. The van der Waals surface area contributed by atoms with E-state index in [1.807, 2.05) is 0 Å². The lowest BCUT2D eigenvalue weighted by atomic mass is 10.2. The molecule has 0 amide bonds. The van der Waals surface area contributed by atoms with Crippen LogP contribution in [0.15, 0.2) is 33.5 Å². The van der Waals surface area contributed by atoms with Crippen LogP contribution in [0.3, 0.4) is 0 Å². The zero-order valence-corrected chi connectivity index (χ0v) is 7.14. The predicted octanol–water partition coefficient (Wildman–Crippen LogP) is 2.59. The molecule has 0 atom stereocenters. The van der Waals surface area contributed by atoms with Crippen molar-refractivity contribution in [2.75, 3.05) is 0 Å². The van der Waals surface area contributed by atoms with Crippen molar-refractivity contribution in [2.24, 2.45) is 0 Å². The quantitative estimate of drug-likeness (QED) is 0.609. The molecule has 0 fully saturated rings. The smallest absolute Gasteiger partial charge is 0.339 e. The van der Waals surface area contributed by atoms with E-state index in [2.05, 4.69) is 0 Å². The molecular formula is C9H4ClFO2. The van der Waals surface area contributed by atoms with Crippen molar-refractivity contribution < 1.29 is 8.81 Å². The SMILES string of the molecule is O=c1cc(F)c2cc(Cl)ccc2o1. The van der Waals surface area contributed by atoms with E-state index < -0.39 is 11.4 Å². The second-order valence-corrected chi connectivity index (χ2v) is 2.99. The Labute approximate surface area is 77.5 Å². The Morgan fingerprint density at radius 2 is 2.08 bits per heavy atom. The summed E-state index contributed by atoms with van der Waals surface area (Å²) >= 11 is 5.64. The van der Waals surface area contributed by atoms with Crippen molar-refractivity contribution in [3.05, 3.63) is 45.5 Å².